The summed E-state index contributed by atoms with van der Waals surface area (Å²) in [5.41, 5.74) is 4.84. The van der Waals surface area contributed by atoms with Gasteiger partial charge in [-0.1, -0.05) is 37.8 Å². The van der Waals surface area contributed by atoms with E-state index in [1.165, 1.54) is 38.3 Å². The molecule has 2 aliphatic heterocycles. The summed E-state index contributed by atoms with van der Waals surface area (Å²) in [6, 6.07) is 9.24. The van der Waals surface area contributed by atoms with Crippen molar-refractivity contribution in [3.63, 3.8) is 0 Å². The van der Waals surface area contributed by atoms with Crippen LogP contribution in [-0.4, -0.2) is 20.7 Å². The lowest BCUT2D eigenvalue weighted by Crippen LogP contribution is -2.46. The van der Waals surface area contributed by atoms with Gasteiger partial charge in [0.05, 0.1) is 0 Å². The van der Waals surface area contributed by atoms with E-state index in [1.54, 1.807) is 16.8 Å². The fourth-order valence-electron chi connectivity index (χ4n) is 3.73. The van der Waals surface area contributed by atoms with Gasteiger partial charge in [-0.25, -0.2) is 0 Å². The van der Waals surface area contributed by atoms with E-state index in [2.05, 4.69) is 42.7 Å². The van der Waals surface area contributed by atoms with Crippen molar-refractivity contribution in [2.24, 2.45) is 0 Å². The largest absolute Gasteiger partial charge is 0.368 e. The normalized spacial score (nSPS) is 22.8. The second-order valence-electron chi connectivity index (χ2n) is 7.18. The standard InChI is InChI=1S/C16H25NSi/c1-18(2,3)12-15-10-9-14-7-4-6-13-8-5-11-17(15)16(13)14/h4,6-7,15H,5,8-12H2,1-3H3. The number of rotatable bonds is 2. The maximum atomic E-state index is 2.76. The number of hydrogen-bond acceptors (Lipinski definition) is 1. The summed E-state index contributed by atoms with van der Waals surface area (Å²) < 4.78 is 0. The molecule has 2 heteroatoms. The summed E-state index contributed by atoms with van der Waals surface area (Å²) in [5.74, 6) is 0. The Labute approximate surface area is 112 Å². The van der Waals surface area contributed by atoms with Crippen molar-refractivity contribution in [1.29, 1.82) is 0 Å². The van der Waals surface area contributed by atoms with E-state index >= 15 is 0 Å². The Morgan fingerprint density at radius 3 is 2.61 bits per heavy atom. The molecule has 98 valence electrons. The van der Waals surface area contributed by atoms with E-state index < -0.39 is 8.07 Å². The quantitative estimate of drug-likeness (QED) is 0.723. The van der Waals surface area contributed by atoms with Gasteiger partial charge in [-0.05, 0) is 42.9 Å². The zero-order chi connectivity index (χ0) is 12.8. The van der Waals surface area contributed by atoms with Crippen molar-refractivity contribution in [2.45, 2.75) is 57.4 Å². The number of benzene rings is 1. The average molecular weight is 259 g/mol. The van der Waals surface area contributed by atoms with Crippen molar-refractivity contribution in [1.82, 2.24) is 0 Å². The van der Waals surface area contributed by atoms with Crippen LogP contribution in [0.5, 0.6) is 0 Å². The molecule has 1 aromatic carbocycles. The highest BCUT2D eigenvalue weighted by molar-refractivity contribution is 6.76. The Balaban J connectivity index is 1.94. The van der Waals surface area contributed by atoms with E-state index in [-0.39, 0.29) is 0 Å². The minimum absolute atomic E-state index is 0.825. The van der Waals surface area contributed by atoms with Gasteiger partial charge in [0, 0.05) is 26.3 Å². The highest BCUT2D eigenvalue weighted by Crippen LogP contribution is 2.39. The third-order valence-electron chi connectivity index (χ3n) is 4.37. The predicted octanol–water partition coefficient (Wildman–Crippen LogP) is 4.09. The van der Waals surface area contributed by atoms with Gasteiger partial charge in [-0.15, -0.1) is 0 Å². The zero-order valence-corrected chi connectivity index (χ0v) is 13.0. The first-order chi connectivity index (χ1) is 8.54. The van der Waals surface area contributed by atoms with Crippen molar-refractivity contribution >= 4 is 13.8 Å². The van der Waals surface area contributed by atoms with Crippen LogP contribution in [0, 0.1) is 0 Å². The fourth-order valence-corrected chi connectivity index (χ4v) is 5.57. The number of aryl methyl sites for hydroxylation is 2. The minimum Gasteiger partial charge on any atom is -0.368 e. The fraction of sp³-hybridized carbons (Fsp3) is 0.625. The number of anilines is 1. The maximum Gasteiger partial charge on any atom is 0.0463 e. The third-order valence-corrected chi connectivity index (χ3v) is 6.07. The molecule has 0 bridgehead atoms. The molecule has 3 rings (SSSR count). The van der Waals surface area contributed by atoms with Crippen LogP contribution in [0.15, 0.2) is 18.2 Å². The monoisotopic (exact) mass is 259 g/mol. The van der Waals surface area contributed by atoms with Gasteiger partial charge in [0.1, 0.15) is 0 Å². The summed E-state index contributed by atoms with van der Waals surface area (Å²) in [4.78, 5) is 2.76. The summed E-state index contributed by atoms with van der Waals surface area (Å²) >= 11 is 0. The van der Waals surface area contributed by atoms with Crippen molar-refractivity contribution in [3.8, 4) is 0 Å². The molecule has 18 heavy (non-hydrogen) atoms. The number of para-hydroxylation sites is 1. The molecule has 0 N–H and O–H groups in total. The smallest absolute Gasteiger partial charge is 0.0463 e. The average Bonchev–Trinajstić information content (AvgIpc) is 2.32. The van der Waals surface area contributed by atoms with Gasteiger partial charge in [0.25, 0.3) is 0 Å². The van der Waals surface area contributed by atoms with Crippen LogP contribution in [0.1, 0.15) is 24.0 Å². The second-order valence-corrected chi connectivity index (χ2v) is 12.7. The molecule has 0 saturated carbocycles. The van der Waals surface area contributed by atoms with E-state index in [0.717, 1.165) is 6.04 Å². The van der Waals surface area contributed by atoms with Crippen LogP contribution in [0.3, 0.4) is 0 Å². The molecule has 0 aliphatic carbocycles. The third kappa shape index (κ3) is 2.23. The molecule has 0 aromatic heterocycles. The molecule has 1 nitrogen and oxygen atoms in total. The van der Waals surface area contributed by atoms with Crippen LogP contribution in [0.25, 0.3) is 0 Å². The lowest BCUT2D eigenvalue weighted by Gasteiger charge is -2.44. The molecular formula is C16H25NSi. The van der Waals surface area contributed by atoms with E-state index in [1.807, 2.05) is 0 Å². The molecule has 0 amide bonds. The summed E-state index contributed by atoms with van der Waals surface area (Å²) in [7, 11) is -0.959. The molecule has 1 atom stereocenters. The zero-order valence-electron chi connectivity index (χ0n) is 12.0. The summed E-state index contributed by atoms with van der Waals surface area (Å²) in [5, 5.41) is 0. The highest BCUT2D eigenvalue weighted by atomic mass is 28.3. The Bertz CT molecular complexity index is 433. The first-order valence-electron chi connectivity index (χ1n) is 7.42. The van der Waals surface area contributed by atoms with Crippen molar-refractivity contribution in [2.75, 3.05) is 11.4 Å². The molecule has 2 heterocycles. The molecule has 2 aliphatic rings. The lowest BCUT2D eigenvalue weighted by atomic mass is 9.89. The number of hydrogen-bond donors (Lipinski definition) is 0. The molecule has 0 radical (unpaired) electrons. The van der Waals surface area contributed by atoms with Crippen LogP contribution < -0.4 is 4.90 Å². The van der Waals surface area contributed by atoms with E-state index in [0.29, 0.717) is 0 Å². The van der Waals surface area contributed by atoms with Crippen molar-refractivity contribution < 1.29 is 0 Å². The van der Waals surface area contributed by atoms with Gasteiger partial charge in [-0.3, -0.25) is 0 Å². The Kier molecular flexibility index (Phi) is 3.01. The van der Waals surface area contributed by atoms with Gasteiger partial charge in [0.15, 0.2) is 0 Å². The lowest BCUT2D eigenvalue weighted by molar-refractivity contribution is 0.529. The molecule has 0 fully saturated rings. The van der Waals surface area contributed by atoms with Gasteiger partial charge in [-0.2, -0.15) is 0 Å². The first-order valence-corrected chi connectivity index (χ1v) is 11.1. The Hall–Kier alpha value is -0.763. The van der Waals surface area contributed by atoms with Crippen LogP contribution >= 0.6 is 0 Å². The first kappa shape index (κ1) is 12.3. The highest BCUT2D eigenvalue weighted by Gasteiger charge is 2.32. The molecule has 0 spiro atoms. The Morgan fingerprint density at radius 1 is 1.17 bits per heavy atom. The van der Waals surface area contributed by atoms with E-state index in [4.69, 9.17) is 0 Å². The summed E-state index contributed by atoms with van der Waals surface area (Å²) in [6.45, 7) is 8.83. The molecule has 0 saturated heterocycles. The SMILES string of the molecule is C[Si](C)(C)CC1CCc2cccc3c2N1CCC3. The molecular weight excluding hydrogens is 234 g/mol. The topological polar surface area (TPSA) is 3.24 Å². The maximum absolute atomic E-state index is 2.76. The van der Waals surface area contributed by atoms with Crippen LogP contribution in [-0.2, 0) is 12.8 Å². The predicted molar refractivity (Wildman–Crippen MR) is 82.4 cm³/mol. The van der Waals surface area contributed by atoms with Gasteiger partial charge in [0.2, 0.25) is 0 Å². The van der Waals surface area contributed by atoms with Crippen molar-refractivity contribution in [3.05, 3.63) is 29.3 Å². The van der Waals surface area contributed by atoms with E-state index in [9.17, 15) is 0 Å². The molecule has 1 unspecified atom stereocenters. The van der Waals surface area contributed by atoms with Crippen LogP contribution in [0.2, 0.25) is 25.7 Å². The number of nitrogens with zero attached hydrogens (tertiary/aromatic N) is 1. The second kappa shape index (κ2) is 4.41. The molecule has 1 aromatic rings. The van der Waals surface area contributed by atoms with Gasteiger partial charge >= 0.3 is 0 Å². The summed E-state index contributed by atoms with van der Waals surface area (Å²) in [6.07, 6.45) is 5.31. The van der Waals surface area contributed by atoms with Crippen LogP contribution in [0.4, 0.5) is 5.69 Å². The van der Waals surface area contributed by atoms with Gasteiger partial charge < -0.3 is 4.90 Å². The Morgan fingerprint density at radius 2 is 1.89 bits per heavy atom. The minimum atomic E-state index is -0.959.